The average molecular weight is 612 g/mol. The number of phosphoric ester groups is 1. The Labute approximate surface area is 248 Å². The third-order valence-corrected chi connectivity index (χ3v) is 8.53. The maximum absolute atomic E-state index is 12.7. The summed E-state index contributed by atoms with van der Waals surface area (Å²) >= 11 is 0. The van der Waals surface area contributed by atoms with Crippen LogP contribution in [0.4, 0.5) is 4.79 Å². The first-order chi connectivity index (χ1) is 19.7. The highest BCUT2D eigenvalue weighted by atomic mass is 31.2. The highest BCUT2D eigenvalue weighted by Gasteiger charge is 2.54. The normalized spacial score (nSPS) is 34.7. The Kier molecular flexibility index (Phi) is 12.2. The lowest BCUT2D eigenvalue weighted by molar-refractivity contribution is -0.143. The van der Waals surface area contributed by atoms with Crippen LogP contribution in [0.15, 0.2) is 48.6 Å². The maximum Gasteiger partial charge on any atom is 0.473 e. The van der Waals surface area contributed by atoms with Crippen LogP contribution in [0.3, 0.4) is 0 Å². The Morgan fingerprint density at radius 3 is 2.74 bits per heavy atom. The second-order valence-electron chi connectivity index (χ2n) is 12.1. The van der Waals surface area contributed by atoms with Crippen molar-refractivity contribution in [1.82, 2.24) is 5.32 Å². The van der Waals surface area contributed by atoms with E-state index in [1.807, 2.05) is 19.1 Å². The molecule has 0 aromatic rings. The van der Waals surface area contributed by atoms with Gasteiger partial charge in [0.05, 0.1) is 12.2 Å². The monoisotopic (exact) mass is 611 g/mol. The lowest BCUT2D eigenvalue weighted by atomic mass is 9.86. The largest absolute Gasteiger partial charge is 0.473 e. The number of hydrogen-bond donors (Lipinski definition) is 4. The number of amides is 1. The summed E-state index contributed by atoms with van der Waals surface area (Å²) in [5.41, 5.74) is -2.25. The quantitative estimate of drug-likeness (QED) is 0.112. The Morgan fingerprint density at radius 2 is 2.05 bits per heavy atom. The van der Waals surface area contributed by atoms with Crippen LogP contribution in [-0.2, 0) is 27.9 Å². The van der Waals surface area contributed by atoms with E-state index in [0.717, 1.165) is 19.3 Å². The number of cyclic esters (lactones) is 1. The van der Waals surface area contributed by atoms with Gasteiger partial charge in [-0.25, -0.2) is 14.2 Å². The third kappa shape index (κ3) is 10.8. The van der Waals surface area contributed by atoms with Crippen molar-refractivity contribution in [1.29, 1.82) is 0 Å². The molecular weight excluding hydrogens is 565 g/mol. The van der Waals surface area contributed by atoms with Gasteiger partial charge in [0.1, 0.15) is 23.4 Å². The molecule has 11 nitrogen and oxygen atoms in total. The summed E-state index contributed by atoms with van der Waals surface area (Å²) in [7, 11) is -4.52. The van der Waals surface area contributed by atoms with Crippen LogP contribution in [0.1, 0.15) is 72.6 Å². The number of rotatable bonds is 11. The van der Waals surface area contributed by atoms with Crippen molar-refractivity contribution in [2.24, 2.45) is 11.8 Å². The number of hydrogen-bond acceptors (Lipinski definition) is 9. The van der Waals surface area contributed by atoms with E-state index in [2.05, 4.69) is 5.32 Å². The van der Waals surface area contributed by atoms with Crippen LogP contribution in [0, 0.1) is 11.8 Å². The van der Waals surface area contributed by atoms with E-state index >= 15 is 0 Å². The molecule has 1 unspecified atom stereocenters. The van der Waals surface area contributed by atoms with Gasteiger partial charge in [0.25, 0.3) is 0 Å². The zero-order valence-corrected chi connectivity index (χ0v) is 25.8. The second kappa shape index (κ2) is 14.9. The zero-order valence-electron chi connectivity index (χ0n) is 24.9. The molecule has 42 heavy (non-hydrogen) atoms. The van der Waals surface area contributed by atoms with Gasteiger partial charge in [-0.3, -0.25) is 9.05 Å². The minimum Gasteiger partial charge on any atom is -0.454 e. The fourth-order valence-corrected chi connectivity index (χ4v) is 6.69. The first-order valence-corrected chi connectivity index (χ1v) is 16.2. The molecule has 1 saturated carbocycles. The fourth-order valence-electron chi connectivity index (χ4n) is 5.36. The molecule has 3 rings (SSSR count). The van der Waals surface area contributed by atoms with Gasteiger partial charge in [-0.2, -0.15) is 0 Å². The third-order valence-electron chi connectivity index (χ3n) is 7.44. The number of carbonyl (C=O) groups is 2. The van der Waals surface area contributed by atoms with E-state index in [9.17, 15) is 29.3 Å². The summed E-state index contributed by atoms with van der Waals surface area (Å²) in [4.78, 5) is 34.6. The first-order valence-electron chi connectivity index (χ1n) is 14.7. The second-order valence-corrected chi connectivity index (χ2v) is 13.5. The van der Waals surface area contributed by atoms with E-state index in [1.165, 1.54) is 12.2 Å². The highest BCUT2D eigenvalue weighted by molar-refractivity contribution is 7.47. The van der Waals surface area contributed by atoms with Crippen LogP contribution < -0.4 is 5.32 Å². The minimum atomic E-state index is -4.52. The summed E-state index contributed by atoms with van der Waals surface area (Å²) < 4.78 is 34.5. The number of allylic oxidation sites excluding steroid dienone is 3. The van der Waals surface area contributed by atoms with Gasteiger partial charge in [0.2, 0.25) is 0 Å². The van der Waals surface area contributed by atoms with Crippen LogP contribution >= 0.6 is 7.82 Å². The molecule has 2 fully saturated rings. The summed E-state index contributed by atoms with van der Waals surface area (Å²) in [6, 6.07) is 0. The summed E-state index contributed by atoms with van der Waals surface area (Å²) in [5, 5.41) is 23.3. The molecule has 0 spiro atoms. The summed E-state index contributed by atoms with van der Waals surface area (Å²) in [6.07, 6.45) is 13.7. The van der Waals surface area contributed by atoms with Crippen LogP contribution in [0.2, 0.25) is 0 Å². The van der Waals surface area contributed by atoms with E-state index in [-0.39, 0.29) is 37.3 Å². The predicted octanol–water partition coefficient (Wildman–Crippen LogP) is 4.63. The minimum absolute atomic E-state index is 0.00257. The van der Waals surface area contributed by atoms with Crippen molar-refractivity contribution in [3.8, 4) is 0 Å². The van der Waals surface area contributed by atoms with E-state index in [0.29, 0.717) is 12.8 Å². The lowest BCUT2D eigenvalue weighted by Crippen LogP contribution is -2.44. The van der Waals surface area contributed by atoms with Gasteiger partial charge in [0, 0.05) is 31.4 Å². The molecule has 8 atom stereocenters. The van der Waals surface area contributed by atoms with Crippen LogP contribution in [-0.4, -0.2) is 69.3 Å². The SMILES string of the molecule is CC[C@H]1C=CC(=O)O[C@H]1/C=C/[C@@]1(CCNC(=O)OC(C)(C)C)OP(=O)(O)O[C@@H]1C[C@@H](O)/C=C\C=C/[C@@H]1CCC[C@H](O)C1. The molecule has 1 amide bonds. The zero-order chi connectivity index (χ0) is 31.0. The van der Waals surface area contributed by atoms with E-state index in [4.69, 9.17) is 18.5 Å². The molecule has 1 saturated heterocycles. The Bertz CT molecular complexity index is 1100. The number of esters is 1. The standard InChI is InChI=1S/C30H46NO10P/c1-5-22-13-14-27(34)38-25(22)15-16-30(17-18-31-28(35)39-29(2,3)4)26(40-42(36,37)41-30)20-24(33)11-7-6-9-21-10-8-12-23(32)19-21/h6-7,9,11,13-16,21-26,32-33H,5,8,10,12,17-20H2,1-4H3,(H,31,35)(H,36,37)/b9-6-,11-7-,16-15+/t21-,22+,23+,24+,25+,26-,30+/m1/s1. The predicted molar refractivity (Wildman–Crippen MR) is 156 cm³/mol. The molecule has 12 heteroatoms. The molecule has 236 valence electrons. The van der Waals surface area contributed by atoms with Gasteiger partial charge in [0.15, 0.2) is 0 Å². The first kappa shape index (κ1) is 34.2. The highest BCUT2D eigenvalue weighted by Crippen LogP contribution is 2.59. The molecule has 2 heterocycles. The summed E-state index contributed by atoms with van der Waals surface area (Å²) in [6.45, 7) is 7.14. The van der Waals surface area contributed by atoms with Gasteiger partial charge in [-0.15, -0.1) is 0 Å². The Morgan fingerprint density at radius 1 is 1.29 bits per heavy atom. The van der Waals surface area contributed by atoms with Crippen molar-refractivity contribution in [3.05, 3.63) is 48.6 Å². The van der Waals surface area contributed by atoms with E-state index < -0.39 is 49.4 Å². The number of nitrogens with one attached hydrogen (secondary N) is 1. The van der Waals surface area contributed by atoms with Crippen molar-refractivity contribution in [2.75, 3.05) is 6.54 Å². The lowest BCUT2D eigenvalue weighted by Gasteiger charge is -2.31. The Balaban J connectivity index is 1.77. The topological polar surface area (TPSA) is 161 Å². The van der Waals surface area contributed by atoms with Gasteiger partial charge in [-0.05, 0) is 64.5 Å². The van der Waals surface area contributed by atoms with Crippen molar-refractivity contribution < 1.29 is 47.8 Å². The number of ether oxygens (including phenoxy) is 2. The van der Waals surface area contributed by atoms with Crippen LogP contribution in [0.5, 0.6) is 0 Å². The number of aliphatic hydroxyl groups is 2. The number of aliphatic hydroxyl groups excluding tert-OH is 2. The molecule has 4 N–H and O–H groups in total. The molecule has 0 radical (unpaired) electrons. The number of alkyl carbamates (subject to hydrolysis) is 1. The maximum atomic E-state index is 12.7. The van der Waals surface area contributed by atoms with Gasteiger partial charge in [-0.1, -0.05) is 43.7 Å². The van der Waals surface area contributed by atoms with Gasteiger partial charge < -0.3 is 29.9 Å². The molecule has 1 aliphatic carbocycles. The molecule has 0 aromatic carbocycles. The molecular formula is C30H46NO10P. The molecule has 2 aliphatic heterocycles. The molecule has 0 aromatic heterocycles. The summed E-state index contributed by atoms with van der Waals surface area (Å²) in [5.74, 6) is -0.337. The molecule has 3 aliphatic rings. The van der Waals surface area contributed by atoms with Crippen molar-refractivity contribution in [3.63, 3.8) is 0 Å². The number of phosphoric acid groups is 1. The van der Waals surface area contributed by atoms with Crippen LogP contribution in [0.25, 0.3) is 0 Å². The van der Waals surface area contributed by atoms with Gasteiger partial charge >= 0.3 is 19.9 Å². The molecule has 0 bridgehead atoms. The number of carbonyl (C=O) groups excluding carboxylic acids is 2. The van der Waals surface area contributed by atoms with Crippen molar-refractivity contribution >= 4 is 19.9 Å². The Hall–Kier alpha value is -2.27. The average Bonchev–Trinajstić information content (AvgIpc) is 3.13. The van der Waals surface area contributed by atoms with E-state index in [1.54, 1.807) is 45.1 Å². The smallest absolute Gasteiger partial charge is 0.454 e. The fraction of sp³-hybridized carbons (Fsp3) is 0.667. The van der Waals surface area contributed by atoms with Crippen molar-refractivity contribution in [2.45, 2.75) is 108 Å².